The Balaban J connectivity index is 1.01. The predicted molar refractivity (Wildman–Crippen MR) is 231 cm³/mol. The lowest BCUT2D eigenvalue weighted by atomic mass is 9.96. The molecule has 0 amide bonds. The first-order valence-electron chi connectivity index (χ1n) is 18.3. The molecule has 0 N–H and O–H groups in total. The third kappa shape index (κ3) is 5.91. The fourth-order valence-corrected chi connectivity index (χ4v) is 8.52. The molecule has 1 heterocycles. The number of hydrogen-bond acceptors (Lipinski definition) is 3. The van der Waals surface area contributed by atoms with E-state index in [1.54, 1.807) is 11.3 Å². The van der Waals surface area contributed by atoms with Gasteiger partial charge in [-0.2, -0.15) is 0 Å². The molecule has 0 atom stereocenters. The van der Waals surface area contributed by atoms with Gasteiger partial charge in [0.15, 0.2) is 0 Å². The van der Waals surface area contributed by atoms with Crippen molar-refractivity contribution in [2.45, 2.75) is 0 Å². The topological polar surface area (TPSA) is 16.1 Å². The van der Waals surface area contributed by atoms with Crippen LogP contribution in [0.15, 0.2) is 206 Å². The summed E-state index contributed by atoms with van der Waals surface area (Å²) < 4.78 is 1.21. The zero-order chi connectivity index (χ0) is 35.8. The molecule has 54 heavy (non-hydrogen) atoms. The highest BCUT2D eigenvalue weighted by molar-refractivity contribution is 7.21. The Morgan fingerprint density at radius 1 is 0.352 bits per heavy atom. The number of hydrogen-bond donors (Lipinski definition) is 0. The van der Waals surface area contributed by atoms with Gasteiger partial charge in [-0.15, -0.1) is 11.3 Å². The van der Waals surface area contributed by atoms with E-state index < -0.39 is 0 Å². The lowest BCUT2D eigenvalue weighted by Gasteiger charge is -2.26. The van der Waals surface area contributed by atoms with Crippen molar-refractivity contribution in [2.75, 3.05) is 4.90 Å². The molecule has 254 valence electrons. The van der Waals surface area contributed by atoms with E-state index in [1.165, 1.54) is 59.6 Å². The van der Waals surface area contributed by atoms with Crippen LogP contribution in [0.25, 0.3) is 75.7 Å². The number of thiazole rings is 1. The van der Waals surface area contributed by atoms with Crippen LogP contribution in [0.4, 0.5) is 17.1 Å². The molecular weight excluding hydrogens is 673 g/mol. The van der Waals surface area contributed by atoms with Crippen LogP contribution in [-0.2, 0) is 0 Å². The van der Waals surface area contributed by atoms with Crippen LogP contribution in [0, 0.1) is 0 Å². The fourth-order valence-electron chi connectivity index (χ4n) is 7.54. The van der Waals surface area contributed by atoms with Crippen LogP contribution in [0.5, 0.6) is 0 Å². The van der Waals surface area contributed by atoms with Gasteiger partial charge >= 0.3 is 0 Å². The van der Waals surface area contributed by atoms with Crippen molar-refractivity contribution in [2.24, 2.45) is 0 Å². The van der Waals surface area contributed by atoms with Gasteiger partial charge in [0.2, 0.25) is 0 Å². The SMILES string of the molecule is c1ccc(-c2ccc(N(c3ccc(-c4ccccc4)cc3)c3ccc(-c4ccc5c(ccc6ccc7sc(-c8ccccc8)nc7c65)c4)cc3)cc2)cc1. The Hall–Kier alpha value is -6.81. The number of anilines is 3. The van der Waals surface area contributed by atoms with E-state index in [2.05, 4.69) is 211 Å². The van der Waals surface area contributed by atoms with Gasteiger partial charge in [0.05, 0.1) is 10.2 Å². The van der Waals surface area contributed by atoms with Crippen molar-refractivity contribution < 1.29 is 0 Å². The lowest BCUT2D eigenvalue weighted by Crippen LogP contribution is -2.09. The maximum Gasteiger partial charge on any atom is 0.124 e. The van der Waals surface area contributed by atoms with E-state index in [-0.39, 0.29) is 0 Å². The summed E-state index contributed by atoms with van der Waals surface area (Å²) in [5.74, 6) is 0. The molecule has 0 unspecified atom stereocenters. The van der Waals surface area contributed by atoms with Gasteiger partial charge < -0.3 is 4.90 Å². The summed E-state index contributed by atoms with van der Waals surface area (Å²) in [6.07, 6.45) is 0. The molecule has 0 fully saturated rings. The Bertz CT molecular complexity index is 2800. The summed E-state index contributed by atoms with van der Waals surface area (Å²) in [6.45, 7) is 0. The van der Waals surface area contributed by atoms with Crippen LogP contribution in [0.1, 0.15) is 0 Å². The van der Waals surface area contributed by atoms with Gasteiger partial charge in [-0.3, -0.25) is 0 Å². The Labute approximate surface area is 318 Å². The highest BCUT2D eigenvalue weighted by atomic mass is 32.1. The fraction of sp³-hybridized carbons (Fsp3) is 0. The van der Waals surface area contributed by atoms with Crippen molar-refractivity contribution in [3.8, 4) is 44.0 Å². The summed E-state index contributed by atoms with van der Waals surface area (Å²) in [6, 6.07) is 74.0. The second-order valence-electron chi connectivity index (χ2n) is 13.6. The number of nitrogens with zero attached hydrogens (tertiary/aromatic N) is 2. The third-order valence-electron chi connectivity index (χ3n) is 10.3. The van der Waals surface area contributed by atoms with E-state index in [9.17, 15) is 0 Å². The largest absolute Gasteiger partial charge is 0.311 e. The average Bonchev–Trinajstić information content (AvgIpc) is 3.70. The Morgan fingerprint density at radius 3 is 1.31 bits per heavy atom. The minimum Gasteiger partial charge on any atom is -0.311 e. The van der Waals surface area contributed by atoms with Gasteiger partial charge in [0.25, 0.3) is 0 Å². The Kier molecular flexibility index (Phi) is 8.05. The smallest absolute Gasteiger partial charge is 0.124 e. The van der Waals surface area contributed by atoms with E-state index >= 15 is 0 Å². The maximum atomic E-state index is 5.17. The number of benzene rings is 9. The molecule has 0 aliphatic rings. The predicted octanol–water partition coefficient (Wildman–Crippen LogP) is 14.7. The molecule has 2 nitrogen and oxygen atoms in total. The van der Waals surface area contributed by atoms with Crippen LogP contribution < -0.4 is 4.90 Å². The quantitative estimate of drug-likeness (QED) is 0.153. The molecule has 10 aromatic rings. The summed E-state index contributed by atoms with van der Waals surface area (Å²) in [5, 5.41) is 5.93. The molecule has 0 aliphatic heterocycles. The highest BCUT2D eigenvalue weighted by Crippen LogP contribution is 2.40. The molecule has 0 radical (unpaired) electrons. The average molecular weight is 707 g/mol. The van der Waals surface area contributed by atoms with Crippen molar-refractivity contribution in [1.29, 1.82) is 0 Å². The summed E-state index contributed by atoms with van der Waals surface area (Å²) in [7, 11) is 0. The molecule has 0 aliphatic carbocycles. The summed E-state index contributed by atoms with van der Waals surface area (Å²) >= 11 is 1.76. The molecular formula is C51H34N2S. The van der Waals surface area contributed by atoms with Gasteiger partial charge in [0, 0.05) is 28.0 Å². The van der Waals surface area contributed by atoms with E-state index in [1.807, 2.05) is 0 Å². The van der Waals surface area contributed by atoms with Crippen LogP contribution in [-0.4, -0.2) is 4.98 Å². The van der Waals surface area contributed by atoms with Gasteiger partial charge in [-0.1, -0.05) is 158 Å². The molecule has 10 rings (SSSR count). The third-order valence-corrected chi connectivity index (χ3v) is 11.4. The van der Waals surface area contributed by atoms with Crippen LogP contribution in [0.3, 0.4) is 0 Å². The summed E-state index contributed by atoms with van der Waals surface area (Å²) in [5.41, 5.74) is 12.7. The first-order valence-corrected chi connectivity index (χ1v) is 19.1. The number of aromatic nitrogens is 1. The van der Waals surface area contributed by atoms with E-state index in [0.29, 0.717) is 0 Å². The van der Waals surface area contributed by atoms with E-state index in [0.717, 1.165) is 33.1 Å². The van der Waals surface area contributed by atoms with Gasteiger partial charge in [-0.05, 0) is 98.1 Å². The first kappa shape index (κ1) is 31.9. The summed E-state index contributed by atoms with van der Waals surface area (Å²) in [4.78, 5) is 7.51. The molecule has 0 spiro atoms. The lowest BCUT2D eigenvalue weighted by molar-refractivity contribution is 1.28. The Morgan fingerprint density at radius 2 is 0.778 bits per heavy atom. The second kappa shape index (κ2) is 13.6. The van der Waals surface area contributed by atoms with Crippen molar-refractivity contribution >= 4 is 60.2 Å². The van der Waals surface area contributed by atoms with Crippen molar-refractivity contribution in [3.05, 3.63) is 206 Å². The van der Waals surface area contributed by atoms with Gasteiger partial charge in [0.1, 0.15) is 5.01 Å². The normalized spacial score (nSPS) is 11.3. The molecule has 0 saturated carbocycles. The van der Waals surface area contributed by atoms with Crippen molar-refractivity contribution in [1.82, 2.24) is 4.98 Å². The molecule has 9 aromatic carbocycles. The molecule has 0 bridgehead atoms. The minimum atomic E-state index is 1.06. The van der Waals surface area contributed by atoms with Gasteiger partial charge in [-0.25, -0.2) is 4.98 Å². The number of fused-ring (bicyclic) bond motifs is 5. The molecule has 1 aromatic heterocycles. The van der Waals surface area contributed by atoms with E-state index in [4.69, 9.17) is 4.98 Å². The minimum absolute atomic E-state index is 1.06. The van der Waals surface area contributed by atoms with Crippen LogP contribution in [0.2, 0.25) is 0 Å². The standard InChI is InChI=1S/C51H34N2S/c1-4-10-35(11-5-1)37-18-26-44(27-19-37)53(45-28-20-38(21-29-45)36-12-6-2-7-13-36)46-30-22-39(23-31-46)42-24-32-47-43(34-42)17-16-40-25-33-48-50(49(40)47)52-51(54-48)41-14-8-3-9-15-41/h1-34H. The first-order chi connectivity index (χ1) is 26.7. The molecule has 0 saturated heterocycles. The number of rotatable bonds is 7. The zero-order valence-corrected chi connectivity index (χ0v) is 30.2. The maximum absolute atomic E-state index is 5.17. The molecule has 3 heteroatoms. The van der Waals surface area contributed by atoms with Crippen LogP contribution >= 0.6 is 11.3 Å². The second-order valence-corrected chi connectivity index (χ2v) is 14.6. The monoisotopic (exact) mass is 706 g/mol. The highest BCUT2D eigenvalue weighted by Gasteiger charge is 2.15. The zero-order valence-electron chi connectivity index (χ0n) is 29.4. The van der Waals surface area contributed by atoms with Crippen molar-refractivity contribution in [3.63, 3.8) is 0 Å².